The maximum atomic E-state index is 11.8. The van der Waals surface area contributed by atoms with Gasteiger partial charge in [-0.1, -0.05) is 11.6 Å². The maximum absolute atomic E-state index is 11.8. The highest BCUT2D eigenvalue weighted by Gasteiger charge is 2.13. The zero-order chi connectivity index (χ0) is 16.7. The number of carbonyl (C=O) groups is 2. The number of likely N-dealkylation sites (N-methyl/N-ethyl adjacent to an activating group) is 1. The number of halogens is 1. The first-order chi connectivity index (χ1) is 10.3. The minimum atomic E-state index is -0.492. The number of ether oxygens (including phenoxy) is 1. The van der Waals surface area contributed by atoms with Crippen molar-refractivity contribution < 1.29 is 14.3 Å². The van der Waals surface area contributed by atoms with Crippen LogP contribution in [0.5, 0.6) is 5.75 Å². The summed E-state index contributed by atoms with van der Waals surface area (Å²) in [4.78, 5) is 25.0. The molecule has 122 valence electrons. The van der Waals surface area contributed by atoms with E-state index in [1.54, 1.807) is 37.3 Å². The van der Waals surface area contributed by atoms with Gasteiger partial charge in [0.05, 0.1) is 13.7 Å². The Balaban J connectivity index is 2.55. The van der Waals surface area contributed by atoms with Crippen LogP contribution in [-0.4, -0.2) is 43.6 Å². The predicted octanol–water partition coefficient (Wildman–Crippen LogP) is 2.01. The standard InChI is InChI=1S/C15H22ClN3O3/c1-10(2)17-15(21)18-14(20)9-19(3)8-11-7-12(16)5-6-13(11)22-4/h5-7,10H,8-9H2,1-4H3,(H2,17,18,20,21). The first kappa shape index (κ1) is 18.3. The molecular weight excluding hydrogens is 306 g/mol. The van der Waals surface area contributed by atoms with Crippen molar-refractivity contribution in [3.63, 3.8) is 0 Å². The van der Waals surface area contributed by atoms with Crippen LogP contribution in [-0.2, 0) is 11.3 Å². The molecule has 7 heteroatoms. The van der Waals surface area contributed by atoms with Gasteiger partial charge in [0, 0.05) is 23.2 Å². The number of hydrogen-bond donors (Lipinski definition) is 2. The molecule has 1 rings (SSSR count). The molecule has 6 nitrogen and oxygen atoms in total. The third kappa shape index (κ3) is 6.32. The van der Waals surface area contributed by atoms with E-state index >= 15 is 0 Å². The molecular formula is C15H22ClN3O3. The Hall–Kier alpha value is -1.79. The van der Waals surface area contributed by atoms with Crippen LogP contribution >= 0.6 is 11.6 Å². The molecule has 0 atom stereocenters. The van der Waals surface area contributed by atoms with Gasteiger partial charge in [-0.2, -0.15) is 0 Å². The van der Waals surface area contributed by atoms with E-state index in [0.29, 0.717) is 17.3 Å². The molecule has 0 aliphatic heterocycles. The molecule has 0 saturated heterocycles. The lowest BCUT2D eigenvalue weighted by Crippen LogP contribution is -2.45. The SMILES string of the molecule is COc1ccc(Cl)cc1CN(C)CC(=O)NC(=O)NC(C)C. The van der Waals surface area contributed by atoms with Crippen molar-refractivity contribution in [2.45, 2.75) is 26.4 Å². The van der Waals surface area contributed by atoms with E-state index in [0.717, 1.165) is 5.56 Å². The molecule has 0 radical (unpaired) electrons. The van der Waals surface area contributed by atoms with Gasteiger partial charge in [-0.25, -0.2) is 4.79 Å². The van der Waals surface area contributed by atoms with Crippen molar-refractivity contribution >= 4 is 23.5 Å². The Labute approximate surface area is 135 Å². The topological polar surface area (TPSA) is 70.7 Å². The van der Waals surface area contributed by atoms with E-state index in [-0.39, 0.29) is 18.5 Å². The van der Waals surface area contributed by atoms with Crippen LogP contribution < -0.4 is 15.4 Å². The molecule has 22 heavy (non-hydrogen) atoms. The molecule has 0 saturated carbocycles. The van der Waals surface area contributed by atoms with Crippen LogP contribution in [0.15, 0.2) is 18.2 Å². The molecule has 0 aliphatic carbocycles. The van der Waals surface area contributed by atoms with Crippen LogP contribution in [0.2, 0.25) is 5.02 Å². The molecule has 3 amide bonds. The molecule has 0 aromatic heterocycles. The van der Waals surface area contributed by atoms with E-state index in [9.17, 15) is 9.59 Å². The highest BCUT2D eigenvalue weighted by atomic mass is 35.5. The summed E-state index contributed by atoms with van der Waals surface area (Å²) in [6.45, 7) is 4.20. The number of nitrogens with zero attached hydrogens (tertiary/aromatic N) is 1. The number of benzene rings is 1. The summed E-state index contributed by atoms with van der Waals surface area (Å²) in [5, 5.41) is 5.48. The fraction of sp³-hybridized carbons (Fsp3) is 0.467. The van der Waals surface area contributed by atoms with Gasteiger partial charge in [-0.05, 0) is 39.1 Å². The number of methoxy groups -OCH3 is 1. The van der Waals surface area contributed by atoms with E-state index in [2.05, 4.69) is 10.6 Å². The van der Waals surface area contributed by atoms with E-state index < -0.39 is 6.03 Å². The van der Waals surface area contributed by atoms with Crippen molar-refractivity contribution in [1.29, 1.82) is 0 Å². The number of nitrogens with one attached hydrogen (secondary N) is 2. The van der Waals surface area contributed by atoms with E-state index in [4.69, 9.17) is 16.3 Å². The van der Waals surface area contributed by atoms with Crippen molar-refractivity contribution in [2.24, 2.45) is 0 Å². The van der Waals surface area contributed by atoms with Gasteiger partial charge < -0.3 is 10.1 Å². The minimum Gasteiger partial charge on any atom is -0.496 e. The summed E-state index contributed by atoms with van der Waals surface area (Å²) in [5.74, 6) is 0.329. The van der Waals surface area contributed by atoms with Gasteiger partial charge in [0.2, 0.25) is 5.91 Å². The molecule has 1 aromatic rings. The zero-order valence-electron chi connectivity index (χ0n) is 13.3. The fourth-order valence-electron chi connectivity index (χ4n) is 1.93. The van der Waals surface area contributed by atoms with Crippen molar-refractivity contribution in [3.05, 3.63) is 28.8 Å². The highest BCUT2D eigenvalue weighted by molar-refractivity contribution is 6.30. The Morgan fingerprint density at radius 3 is 2.64 bits per heavy atom. The first-order valence-electron chi connectivity index (χ1n) is 6.93. The average Bonchev–Trinajstić information content (AvgIpc) is 2.37. The number of imide groups is 1. The largest absolute Gasteiger partial charge is 0.496 e. The predicted molar refractivity (Wildman–Crippen MR) is 86.1 cm³/mol. The average molecular weight is 328 g/mol. The number of carbonyl (C=O) groups excluding carboxylic acids is 2. The van der Waals surface area contributed by atoms with E-state index in [1.165, 1.54) is 0 Å². The quantitative estimate of drug-likeness (QED) is 0.838. The third-order valence-corrected chi connectivity index (χ3v) is 3.00. The number of amides is 3. The maximum Gasteiger partial charge on any atom is 0.321 e. The molecule has 2 N–H and O–H groups in total. The lowest BCUT2D eigenvalue weighted by atomic mass is 10.2. The molecule has 0 spiro atoms. The molecule has 0 fully saturated rings. The highest BCUT2D eigenvalue weighted by Crippen LogP contribution is 2.23. The number of hydrogen-bond acceptors (Lipinski definition) is 4. The van der Waals surface area contributed by atoms with Crippen LogP contribution in [0.25, 0.3) is 0 Å². The summed E-state index contributed by atoms with van der Waals surface area (Å²) < 4.78 is 5.26. The van der Waals surface area contributed by atoms with Gasteiger partial charge in [-0.3, -0.25) is 15.0 Å². The van der Waals surface area contributed by atoms with Gasteiger partial charge in [0.25, 0.3) is 0 Å². The van der Waals surface area contributed by atoms with Crippen molar-refractivity contribution in [1.82, 2.24) is 15.5 Å². The lowest BCUT2D eigenvalue weighted by Gasteiger charge is -2.18. The van der Waals surface area contributed by atoms with Crippen LogP contribution in [0.1, 0.15) is 19.4 Å². The Bertz CT molecular complexity index is 535. The summed E-state index contributed by atoms with van der Waals surface area (Å²) in [5.41, 5.74) is 0.872. The fourth-order valence-corrected chi connectivity index (χ4v) is 2.12. The van der Waals surface area contributed by atoms with Crippen LogP contribution in [0.4, 0.5) is 4.79 Å². The van der Waals surface area contributed by atoms with E-state index in [1.807, 2.05) is 13.8 Å². The summed E-state index contributed by atoms with van der Waals surface area (Å²) in [6.07, 6.45) is 0. The summed E-state index contributed by atoms with van der Waals surface area (Å²) in [6, 6.07) is 4.80. The zero-order valence-corrected chi connectivity index (χ0v) is 14.0. The second-order valence-corrected chi connectivity index (χ2v) is 5.74. The Morgan fingerprint density at radius 2 is 2.05 bits per heavy atom. The number of rotatable bonds is 6. The monoisotopic (exact) mass is 327 g/mol. The number of urea groups is 1. The normalized spacial score (nSPS) is 10.7. The van der Waals surface area contributed by atoms with Crippen LogP contribution in [0, 0.1) is 0 Å². The molecule has 0 aliphatic rings. The summed E-state index contributed by atoms with van der Waals surface area (Å²) in [7, 11) is 3.36. The van der Waals surface area contributed by atoms with Gasteiger partial charge in [-0.15, -0.1) is 0 Å². The smallest absolute Gasteiger partial charge is 0.321 e. The minimum absolute atomic E-state index is 0.0266. The van der Waals surface area contributed by atoms with Crippen LogP contribution in [0.3, 0.4) is 0 Å². The van der Waals surface area contributed by atoms with Gasteiger partial charge in [0.1, 0.15) is 5.75 Å². The summed E-state index contributed by atoms with van der Waals surface area (Å²) >= 11 is 5.97. The Kier molecular flexibility index (Phi) is 7.14. The molecule has 1 aromatic carbocycles. The second kappa shape index (κ2) is 8.60. The van der Waals surface area contributed by atoms with Crippen molar-refractivity contribution in [2.75, 3.05) is 20.7 Å². The molecule has 0 bridgehead atoms. The molecule has 0 heterocycles. The van der Waals surface area contributed by atoms with Crippen molar-refractivity contribution in [3.8, 4) is 5.75 Å². The molecule has 0 unspecified atom stereocenters. The van der Waals surface area contributed by atoms with Gasteiger partial charge in [0.15, 0.2) is 0 Å². The first-order valence-corrected chi connectivity index (χ1v) is 7.31. The Morgan fingerprint density at radius 1 is 1.36 bits per heavy atom. The van der Waals surface area contributed by atoms with Gasteiger partial charge >= 0.3 is 6.03 Å². The lowest BCUT2D eigenvalue weighted by molar-refractivity contribution is -0.121. The second-order valence-electron chi connectivity index (χ2n) is 5.30. The third-order valence-electron chi connectivity index (χ3n) is 2.77.